The molecule has 2 rings (SSSR count). The minimum Gasteiger partial charge on any atom is -0.494 e. The van der Waals surface area contributed by atoms with E-state index >= 15 is 0 Å². The summed E-state index contributed by atoms with van der Waals surface area (Å²) in [5.41, 5.74) is 0. The summed E-state index contributed by atoms with van der Waals surface area (Å²) in [4.78, 5) is 2.39. The van der Waals surface area contributed by atoms with Gasteiger partial charge in [-0.05, 0) is 37.6 Å². The molecule has 1 heterocycles. The van der Waals surface area contributed by atoms with Crippen LogP contribution in [0.2, 0.25) is 0 Å². The minimum absolute atomic E-state index is 0.232. The highest BCUT2D eigenvalue weighted by molar-refractivity contribution is 5.21. The smallest absolute Gasteiger partial charge is 0.123 e. The molecule has 100 valence electrons. The maximum absolute atomic E-state index is 12.7. The van der Waals surface area contributed by atoms with E-state index in [1.54, 1.807) is 12.1 Å². The summed E-state index contributed by atoms with van der Waals surface area (Å²) in [5, 5.41) is 0. The Balaban J connectivity index is 1.62. The molecule has 0 spiro atoms. The van der Waals surface area contributed by atoms with Crippen molar-refractivity contribution in [2.75, 3.05) is 32.8 Å². The summed E-state index contributed by atoms with van der Waals surface area (Å²) < 4.78 is 23.7. The fourth-order valence-corrected chi connectivity index (χ4v) is 2.10. The molecule has 0 radical (unpaired) electrons. The number of halogens is 1. The highest BCUT2D eigenvalue weighted by Gasteiger charge is 2.15. The number of ether oxygens (including phenoxy) is 2. The van der Waals surface area contributed by atoms with Crippen LogP contribution in [0.5, 0.6) is 5.75 Å². The van der Waals surface area contributed by atoms with Gasteiger partial charge in [0.15, 0.2) is 0 Å². The van der Waals surface area contributed by atoms with E-state index in [0.29, 0.717) is 12.7 Å². The van der Waals surface area contributed by atoms with Crippen LogP contribution in [0.15, 0.2) is 24.3 Å². The summed E-state index contributed by atoms with van der Waals surface area (Å²) in [6.07, 6.45) is 1.31. The van der Waals surface area contributed by atoms with Gasteiger partial charge in [-0.25, -0.2) is 4.39 Å². The van der Waals surface area contributed by atoms with Crippen LogP contribution >= 0.6 is 0 Å². The summed E-state index contributed by atoms with van der Waals surface area (Å²) in [6, 6.07) is 6.15. The number of hydrogen-bond acceptors (Lipinski definition) is 3. The molecule has 1 atom stereocenters. The van der Waals surface area contributed by atoms with Crippen LogP contribution in [0.3, 0.4) is 0 Å². The van der Waals surface area contributed by atoms with Crippen molar-refractivity contribution in [3.05, 3.63) is 30.1 Å². The molecule has 18 heavy (non-hydrogen) atoms. The molecule has 1 unspecified atom stereocenters. The lowest BCUT2D eigenvalue weighted by molar-refractivity contribution is -0.0193. The zero-order valence-corrected chi connectivity index (χ0v) is 10.8. The molecule has 4 heteroatoms. The van der Waals surface area contributed by atoms with Crippen molar-refractivity contribution in [1.29, 1.82) is 0 Å². The first-order valence-corrected chi connectivity index (χ1v) is 6.46. The molecule has 0 saturated carbocycles. The Labute approximate surface area is 107 Å². The Morgan fingerprint density at radius 2 is 2.17 bits per heavy atom. The van der Waals surface area contributed by atoms with E-state index in [2.05, 4.69) is 11.8 Å². The van der Waals surface area contributed by atoms with Crippen molar-refractivity contribution in [1.82, 2.24) is 4.90 Å². The molecule has 1 aromatic rings. The van der Waals surface area contributed by atoms with E-state index < -0.39 is 0 Å². The Bertz CT molecular complexity index is 355. The number of nitrogens with zero attached hydrogens (tertiary/aromatic N) is 1. The van der Waals surface area contributed by atoms with Crippen LogP contribution in [0.1, 0.15) is 13.3 Å². The largest absolute Gasteiger partial charge is 0.494 e. The molecule has 1 aromatic carbocycles. The first kappa shape index (κ1) is 13.3. The first-order chi connectivity index (χ1) is 8.74. The van der Waals surface area contributed by atoms with Crippen molar-refractivity contribution < 1.29 is 13.9 Å². The summed E-state index contributed by atoms with van der Waals surface area (Å²) in [5.74, 6) is 0.497. The zero-order valence-electron chi connectivity index (χ0n) is 10.8. The molecule has 1 aliphatic heterocycles. The monoisotopic (exact) mass is 253 g/mol. The average molecular weight is 253 g/mol. The summed E-state index contributed by atoms with van der Waals surface area (Å²) in [6.45, 7) is 6.60. The lowest BCUT2D eigenvalue weighted by atomic mass is 10.3. The Morgan fingerprint density at radius 1 is 1.39 bits per heavy atom. The molecule has 0 N–H and O–H groups in total. The number of morpholine rings is 1. The quantitative estimate of drug-likeness (QED) is 0.752. The molecule has 3 nitrogen and oxygen atoms in total. The summed E-state index contributed by atoms with van der Waals surface area (Å²) >= 11 is 0. The molecule has 1 saturated heterocycles. The predicted molar refractivity (Wildman–Crippen MR) is 68.4 cm³/mol. The third-order valence-electron chi connectivity index (χ3n) is 3.03. The van der Waals surface area contributed by atoms with Crippen molar-refractivity contribution >= 4 is 0 Å². The third kappa shape index (κ3) is 4.27. The number of rotatable bonds is 5. The first-order valence-electron chi connectivity index (χ1n) is 6.46. The second-order valence-corrected chi connectivity index (χ2v) is 4.64. The molecule has 0 bridgehead atoms. The molecule has 1 aliphatic rings. The van der Waals surface area contributed by atoms with Crippen LogP contribution in [0.4, 0.5) is 4.39 Å². The highest BCUT2D eigenvalue weighted by atomic mass is 19.1. The molecule has 0 aliphatic carbocycles. The summed E-state index contributed by atoms with van der Waals surface area (Å²) in [7, 11) is 0. The maximum Gasteiger partial charge on any atom is 0.123 e. The van der Waals surface area contributed by atoms with Gasteiger partial charge >= 0.3 is 0 Å². The van der Waals surface area contributed by atoms with E-state index in [1.807, 2.05) is 0 Å². The fraction of sp³-hybridized carbons (Fsp3) is 0.571. The zero-order chi connectivity index (χ0) is 12.8. The standard InChI is InChI=1S/C14H20FNO2/c1-12-11-16(8-10-17-12)7-2-9-18-14-5-3-13(15)4-6-14/h3-6,12H,2,7-11H2,1H3. The Morgan fingerprint density at radius 3 is 2.89 bits per heavy atom. The van der Waals surface area contributed by atoms with Crippen molar-refractivity contribution in [2.24, 2.45) is 0 Å². The van der Waals surface area contributed by atoms with Gasteiger partial charge in [0.2, 0.25) is 0 Å². The molecular weight excluding hydrogens is 233 g/mol. The second kappa shape index (κ2) is 6.71. The highest BCUT2D eigenvalue weighted by Crippen LogP contribution is 2.11. The number of benzene rings is 1. The molecule has 0 aromatic heterocycles. The second-order valence-electron chi connectivity index (χ2n) is 4.64. The van der Waals surface area contributed by atoms with Gasteiger partial charge in [-0.1, -0.05) is 0 Å². The number of hydrogen-bond donors (Lipinski definition) is 0. The van der Waals surface area contributed by atoms with E-state index in [1.165, 1.54) is 12.1 Å². The van der Waals surface area contributed by atoms with Crippen LogP contribution in [-0.4, -0.2) is 43.9 Å². The van der Waals surface area contributed by atoms with Gasteiger partial charge in [-0.15, -0.1) is 0 Å². The Kier molecular flexibility index (Phi) is 4.96. The van der Waals surface area contributed by atoms with Gasteiger partial charge in [0.05, 0.1) is 19.3 Å². The van der Waals surface area contributed by atoms with E-state index in [0.717, 1.165) is 38.4 Å². The lowest BCUT2D eigenvalue weighted by Gasteiger charge is -2.30. The molecular formula is C14H20FNO2. The molecule has 1 fully saturated rings. The van der Waals surface area contributed by atoms with Gasteiger partial charge in [-0.3, -0.25) is 4.90 Å². The lowest BCUT2D eigenvalue weighted by Crippen LogP contribution is -2.41. The van der Waals surface area contributed by atoms with Gasteiger partial charge in [0.25, 0.3) is 0 Å². The van der Waals surface area contributed by atoms with Crippen molar-refractivity contribution in [2.45, 2.75) is 19.4 Å². The SMILES string of the molecule is CC1CN(CCCOc2ccc(F)cc2)CCO1. The average Bonchev–Trinajstić information content (AvgIpc) is 2.37. The predicted octanol–water partition coefficient (Wildman–Crippen LogP) is 2.32. The minimum atomic E-state index is -0.232. The molecule has 0 amide bonds. The normalized spacial score (nSPS) is 20.9. The van der Waals surface area contributed by atoms with Gasteiger partial charge in [0.1, 0.15) is 11.6 Å². The Hall–Kier alpha value is -1.13. The van der Waals surface area contributed by atoms with Gasteiger partial charge < -0.3 is 9.47 Å². The maximum atomic E-state index is 12.7. The van der Waals surface area contributed by atoms with E-state index in [-0.39, 0.29) is 5.82 Å². The van der Waals surface area contributed by atoms with Gasteiger partial charge in [0, 0.05) is 19.6 Å². The van der Waals surface area contributed by atoms with Gasteiger partial charge in [-0.2, -0.15) is 0 Å². The third-order valence-corrected chi connectivity index (χ3v) is 3.03. The van der Waals surface area contributed by atoms with Crippen LogP contribution in [0, 0.1) is 5.82 Å². The van der Waals surface area contributed by atoms with Crippen LogP contribution in [0.25, 0.3) is 0 Å². The topological polar surface area (TPSA) is 21.7 Å². The van der Waals surface area contributed by atoms with Crippen molar-refractivity contribution in [3.8, 4) is 5.75 Å². The fourth-order valence-electron chi connectivity index (χ4n) is 2.10. The van der Waals surface area contributed by atoms with E-state index in [4.69, 9.17) is 9.47 Å². The van der Waals surface area contributed by atoms with E-state index in [9.17, 15) is 4.39 Å². The van der Waals surface area contributed by atoms with Crippen LogP contribution < -0.4 is 4.74 Å². The van der Waals surface area contributed by atoms with Crippen LogP contribution in [-0.2, 0) is 4.74 Å². The van der Waals surface area contributed by atoms with Crippen molar-refractivity contribution in [3.63, 3.8) is 0 Å².